The zero-order valence-corrected chi connectivity index (χ0v) is 22.0. The van der Waals surface area contributed by atoms with Crippen molar-refractivity contribution in [3.8, 4) is 11.3 Å². The van der Waals surface area contributed by atoms with Gasteiger partial charge in [-0.2, -0.15) is 0 Å². The van der Waals surface area contributed by atoms with E-state index in [1.165, 1.54) is 6.07 Å². The van der Waals surface area contributed by atoms with Gasteiger partial charge in [0.1, 0.15) is 22.9 Å². The minimum atomic E-state index is -0.764. The zero-order valence-electron chi connectivity index (χ0n) is 22.0. The number of anilines is 2. The van der Waals surface area contributed by atoms with Crippen molar-refractivity contribution in [1.82, 2.24) is 34.3 Å². The lowest BCUT2D eigenvalue weighted by Crippen LogP contribution is -2.45. The summed E-state index contributed by atoms with van der Waals surface area (Å²) in [5, 5.41) is 13.5. The van der Waals surface area contributed by atoms with Crippen LogP contribution in [0.2, 0.25) is 0 Å². The molecule has 38 heavy (non-hydrogen) atoms. The third-order valence-corrected chi connectivity index (χ3v) is 6.96. The number of fused-ring (bicyclic) bond motifs is 1. The van der Waals surface area contributed by atoms with Crippen LogP contribution in [0.1, 0.15) is 38.2 Å². The Bertz CT molecular complexity index is 1430. The molecule has 0 amide bonds. The molecule has 3 aromatic heterocycles. The molecule has 4 aromatic rings. The molecule has 9 nitrogen and oxygen atoms in total. The number of aromatic nitrogens is 5. The Balaban J connectivity index is 1.39. The molecule has 0 saturated carbocycles. The van der Waals surface area contributed by atoms with E-state index in [0.29, 0.717) is 16.4 Å². The zero-order chi connectivity index (χ0) is 27.0. The molecule has 0 N–H and O–H groups in total. The molecule has 11 heteroatoms. The molecule has 0 radical (unpaired) electrons. The molecule has 0 atom stereocenters. The maximum absolute atomic E-state index is 15.0. The maximum Gasteiger partial charge on any atom is 0.220 e. The summed E-state index contributed by atoms with van der Waals surface area (Å²) in [4.78, 5) is 21.4. The van der Waals surface area contributed by atoms with E-state index in [0.717, 1.165) is 51.0 Å². The predicted molar refractivity (Wildman–Crippen MR) is 143 cm³/mol. The van der Waals surface area contributed by atoms with Crippen LogP contribution in [0.15, 0.2) is 36.7 Å². The average molecular weight is 522 g/mol. The van der Waals surface area contributed by atoms with Crippen LogP contribution in [0.5, 0.6) is 0 Å². The van der Waals surface area contributed by atoms with Gasteiger partial charge in [-0.1, -0.05) is 13.0 Å². The van der Waals surface area contributed by atoms with Crippen molar-refractivity contribution in [2.75, 3.05) is 37.8 Å². The number of aryl methyl sites for hydroxylation is 1. The first kappa shape index (κ1) is 26.1. The van der Waals surface area contributed by atoms with Crippen molar-refractivity contribution in [2.45, 2.75) is 40.3 Å². The number of hydrogen-bond acceptors (Lipinski definition) is 8. The Morgan fingerprint density at radius 3 is 2.37 bits per heavy atom. The topological polar surface area (TPSA) is 89.3 Å². The van der Waals surface area contributed by atoms with Gasteiger partial charge in [0.2, 0.25) is 5.95 Å². The monoisotopic (exact) mass is 521 g/mol. The lowest BCUT2D eigenvalue weighted by atomic mass is 10.1. The van der Waals surface area contributed by atoms with Crippen LogP contribution >= 0.6 is 0 Å². The minimum absolute atomic E-state index is 0.0209. The number of likely N-dealkylation sites (N-methyl/N-ethyl adjacent to an activating group) is 1. The number of nitrogens with zero attached hydrogens (tertiary/aromatic N) is 8. The molecule has 1 aromatic carbocycles. The van der Waals surface area contributed by atoms with Crippen LogP contribution < -0.4 is 5.06 Å². The second-order valence-corrected chi connectivity index (χ2v) is 9.84. The molecular formula is C27H31F2N8O-. The van der Waals surface area contributed by atoms with Crippen LogP contribution in [0, 0.1) is 23.8 Å². The molecule has 0 unspecified atom stereocenters. The van der Waals surface area contributed by atoms with Crippen LogP contribution in [0.3, 0.4) is 0 Å². The molecule has 1 aliphatic rings. The van der Waals surface area contributed by atoms with Crippen molar-refractivity contribution >= 4 is 22.8 Å². The van der Waals surface area contributed by atoms with Crippen molar-refractivity contribution in [3.05, 3.63) is 64.9 Å². The van der Waals surface area contributed by atoms with Gasteiger partial charge in [0.15, 0.2) is 11.6 Å². The number of benzene rings is 1. The van der Waals surface area contributed by atoms with Gasteiger partial charge in [0.05, 0.1) is 11.7 Å². The van der Waals surface area contributed by atoms with Crippen LogP contribution in [0.25, 0.3) is 22.3 Å². The van der Waals surface area contributed by atoms with E-state index in [-0.39, 0.29) is 34.6 Å². The Hall–Kier alpha value is -3.54. The third kappa shape index (κ3) is 5.09. The first-order chi connectivity index (χ1) is 18.2. The molecule has 0 bridgehead atoms. The highest BCUT2D eigenvalue weighted by Crippen LogP contribution is 2.31. The normalized spacial score (nSPS) is 15.1. The molecule has 1 aliphatic heterocycles. The molecule has 200 valence electrons. The van der Waals surface area contributed by atoms with Gasteiger partial charge in [-0.25, -0.2) is 28.7 Å². The number of rotatable bonds is 7. The molecule has 4 heterocycles. The molecular weight excluding hydrogens is 490 g/mol. The van der Waals surface area contributed by atoms with E-state index in [9.17, 15) is 14.0 Å². The molecule has 0 aliphatic carbocycles. The third-order valence-electron chi connectivity index (χ3n) is 6.96. The van der Waals surface area contributed by atoms with Gasteiger partial charge in [0, 0.05) is 50.5 Å². The molecule has 1 saturated heterocycles. The minimum Gasteiger partial charge on any atom is -0.750 e. The smallest absolute Gasteiger partial charge is 0.220 e. The molecule has 0 spiro atoms. The summed E-state index contributed by atoms with van der Waals surface area (Å²) in [5.41, 5.74) is 1.75. The van der Waals surface area contributed by atoms with E-state index in [4.69, 9.17) is 0 Å². The first-order valence-electron chi connectivity index (χ1n) is 12.8. The first-order valence-corrected chi connectivity index (χ1v) is 12.8. The average Bonchev–Trinajstić information content (AvgIpc) is 3.26. The van der Waals surface area contributed by atoms with Crippen molar-refractivity contribution < 1.29 is 8.78 Å². The highest BCUT2D eigenvalue weighted by atomic mass is 19.1. The fraction of sp³-hybridized carbons (Fsp3) is 0.407. The summed E-state index contributed by atoms with van der Waals surface area (Å²) in [5.74, 6) is -0.909. The van der Waals surface area contributed by atoms with Gasteiger partial charge >= 0.3 is 0 Å². The summed E-state index contributed by atoms with van der Waals surface area (Å²) in [7, 11) is 0. The second-order valence-electron chi connectivity index (χ2n) is 9.84. The number of piperazine rings is 1. The number of pyridine rings is 1. The highest BCUT2D eigenvalue weighted by Gasteiger charge is 2.19. The Labute approximate surface area is 220 Å². The summed E-state index contributed by atoms with van der Waals surface area (Å²) in [6.45, 7) is 13.7. The maximum atomic E-state index is 15.0. The van der Waals surface area contributed by atoms with E-state index < -0.39 is 11.6 Å². The van der Waals surface area contributed by atoms with E-state index in [1.807, 2.05) is 24.5 Å². The van der Waals surface area contributed by atoms with Crippen LogP contribution in [0.4, 0.5) is 20.5 Å². The van der Waals surface area contributed by atoms with Gasteiger partial charge in [-0.3, -0.25) is 4.90 Å². The fourth-order valence-electron chi connectivity index (χ4n) is 4.97. The summed E-state index contributed by atoms with van der Waals surface area (Å²) in [6.07, 6.45) is 2.58. The van der Waals surface area contributed by atoms with E-state index >= 15 is 0 Å². The van der Waals surface area contributed by atoms with Gasteiger partial charge in [-0.05, 0) is 51.1 Å². The highest BCUT2D eigenvalue weighted by molar-refractivity contribution is 5.83. The predicted octanol–water partition coefficient (Wildman–Crippen LogP) is 4.83. The summed E-state index contributed by atoms with van der Waals surface area (Å²) < 4.78 is 31.7. The number of halogens is 2. The fourth-order valence-corrected chi connectivity index (χ4v) is 4.97. The Kier molecular flexibility index (Phi) is 7.33. The van der Waals surface area contributed by atoms with Crippen molar-refractivity contribution in [3.63, 3.8) is 0 Å². The largest absolute Gasteiger partial charge is 0.750 e. The lowest BCUT2D eigenvalue weighted by Gasteiger charge is -2.34. The SMILES string of the molecule is CCN1CCN(Cc2ccc(N([O-])c3ncc(F)c(-c4cc(F)c5nc(C)n(C(C)C)c5c4)n3)nc2)CC1. The standard InChI is InChI=1S/C27H31F2N8O/c1-5-34-8-10-35(11-9-34)16-19-6-7-24(30-14-19)37(38)27-31-15-22(29)25(33-27)20-12-21(28)26-23(13-20)36(17(2)3)18(4)32-26/h6-7,12-15,17H,5,8-11,16H2,1-4H3/q-1. The number of hydrogen-bond donors (Lipinski definition) is 0. The lowest BCUT2D eigenvalue weighted by molar-refractivity contribution is 0.132. The quantitative estimate of drug-likeness (QED) is 0.320. The van der Waals surface area contributed by atoms with E-state index in [1.54, 1.807) is 25.3 Å². The summed E-state index contributed by atoms with van der Waals surface area (Å²) >= 11 is 0. The van der Waals surface area contributed by atoms with Crippen molar-refractivity contribution in [1.29, 1.82) is 0 Å². The van der Waals surface area contributed by atoms with Crippen LogP contribution in [-0.4, -0.2) is 67.0 Å². The summed E-state index contributed by atoms with van der Waals surface area (Å²) in [6, 6.07) is 6.29. The van der Waals surface area contributed by atoms with Gasteiger partial charge in [0.25, 0.3) is 0 Å². The molecule has 1 fully saturated rings. The van der Waals surface area contributed by atoms with E-state index in [2.05, 4.69) is 36.7 Å². The second kappa shape index (κ2) is 10.7. The van der Waals surface area contributed by atoms with Crippen molar-refractivity contribution in [2.24, 2.45) is 0 Å². The Morgan fingerprint density at radius 2 is 1.71 bits per heavy atom. The molecule has 5 rings (SSSR count). The van der Waals surface area contributed by atoms with Crippen LogP contribution in [-0.2, 0) is 6.54 Å². The number of imidazole rings is 1. The Morgan fingerprint density at radius 1 is 0.974 bits per heavy atom. The van der Waals surface area contributed by atoms with Gasteiger partial charge in [-0.15, -0.1) is 0 Å². The van der Waals surface area contributed by atoms with Gasteiger partial charge < -0.3 is 19.7 Å².